The summed E-state index contributed by atoms with van der Waals surface area (Å²) in [5.41, 5.74) is -0.867. The zero-order valence-corrected chi connectivity index (χ0v) is 11.5. The van der Waals surface area contributed by atoms with Crippen LogP contribution in [0.4, 0.5) is 4.79 Å². The third-order valence-corrected chi connectivity index (χ3v) is 3.74. The van der Waals surface area contributed by atoms with Gasteiger partial charge in [-0.1, -0.05) is 0 Å². The number of imide groups is 1. The van der Waals surface area contributed by atoms with Crippen LogP contribution in [0.25, 0.3) is 0 Å². The Morgan fingerprint density at radius 2 is 2.25 bits per heavy atom. The zero-order valence-electron chi connectivity index (χ0n) is 11.5. The van der Waals surface area contributed by atoms with Gasteiger partial charge in [0.1, 0.15) is 12.3 Å². The lowest BCUT2D eigenvalue weighted by atomic mass is 9.88. The van der Waals surface area contributed by atoms with Gasteiger partial charge in [0, 0.05) is 20.1 Å². The molecule has 2 saturated heterocycles. The number of urea groups is 1. The number of rotatable bonds is 4. The summed E-state index contributed by atoms with van der Waals surface area (Å²) in [5, 5.41) is 21.1. The summed E-state index contributed by atoms with van der Waals surface area (Å²) in [4.78, 5) is 25.2. The molecule has 0 aliphatic carbocycles. The van der Waals surface area contributed by atoms with E-state index in [0.717, 1.165) is 0 Å². The number of methoxy groups -OCH3 is 1. The molecular weight excluding hydrogens is 268 g/mol. The highest BCUT2D eigenvalue weighted by atomic mass is 16.5. The molecule has 2 rings (SSSR count). The molecular formula is C12H20N2O6. The van der Waals surface area contributed by atoms with Crippen LogP contribution in [-0.4, -0.2) is 72.4 Å². The molecule has 0 bridgehead atoms. The van der Waals surface area contributed by atoms with E-state index >= 15 is 0 Å². The molecule has 114 valence electrons. The number of hydrogen-bond donors (Lipinski definition) is 3. The number of aliphatic hydroxyl groups excluding tert-OH is 2. The molecule has 4 atom stereocenters. The minimum Gasteiger partial charge on any atom is -0.394 e. The molecule has 2 fully saturated rings. The van der Waals surface area contributed by atoms with Crippen molar-refractivity contribution in [3.63, 3.8) is 0 Å². The minimum absolute atomic E-state index is 0.140. The Labute approximate surface area is 116 Å². The molecule has 3 amide bonds. The number of nitrogens with zero attached hydrogens (tertiary/aromatic N) is 1. The average molecular weight is 288 g/mol. The van der Waals surface area contributed by atoms with E-state index in [1.54, 1.807) is 6.92 Å². The van der Waals surface area contributed by atoms with Crippen LogP contribution >= 0.6 is 0 Å². The van der Waals surface area contributed by atoms with Crippen molar-refractivity contribution in [3.8, 4) is 0 Å². The van der Waals surface area contributed by atoms with Crippen molar-refractivity contribution in [1.29, 1.82) is 0 Å². The maximum Gasteiger partial charge on any atom is 0.326 e. The molecule has 0 radical (unpaired) electrons. The van der Waals surface area contributed by atoms with Crippen molar-refractivity contribution in [1.82, 2.24) is 10.2 Å². The molecule has 3 N–H and O–H groups in total. The van der Waals surface area contributed by atoms with E-state index in [-0.39, 0.29) is 26.2 Å². The molecule has 20 heavy (non-hydrogen) atoms. The number of nitrogens with one attached hydrogen (secondary N) is 1. The normalized spacial score (nSPS) is 38.2. The van der Waals surface area contributed by atoms with Gasteiger partial charge in [-0.2, -0.15) is 0 Å². The molecule has 2 aliphatic rings. The van der Waals surface area contributed by atoms with Crippen LogP contribution in [0, 0.1) is 5.41 Å². The molecule has 8 nitrogen and oxygen atoms in total. The monoisotopic (exact) mass is 288 g/mol. The molecule has 0 aromatic carbocycles. The van der Waals surface area contributed by atoms with Gasteiger partial charge in [0.15, 0.2) is 0 Å². The first-order chi connectivity index (χ1) is 9.41. The summed E-state index contributed by atoms with van der Waals surface area (Å²) in [5.74, 6) is -0.391. The standard InChI is InChI=1S/C12H20N2O6/c1-12(6-19-2)5-14(11(18)13-10(12)17)9-3-7(16)8(4-15)20-9/h7-9,15-16H,3-6H2,1-2H3,(H,13,17,18)/t7-,8+,9+,12-/m0/s1. The zero-order chi connectivity index (χ0) is 14.9. The summed E-state index contributed by atoms with van der Waals surface area (Å²) in [7, 11) is 1.48. The van der Waals surface area contributed by atoms with Crippen molar-refractivity contribution < 1.29 is 29.3 Å². The minimum atomic E-state index is -0.867. The molecule has 8 heteroatoms. The number of carbonyl (C=O) groups excluding carboxylic acids is 2. The highest BCUT2D eigenvalue weighted by molar-refractivity contribution is 6.00. The Morgan fingerprint density at radius 1 is 1.55 bits per heavy atom. The quantitative estimate of drug-likeness (QED) is 0.591. The molecule has 0 aromatic rings. The van der Waals surface area contributed by atoms with Crippen molar-refractivity contribution in [2.24, 2.45) is 5.41 Å². The lowest BCUT2D eigenvalue weighted by Crippen LogP contribution is -2.63. The van der Waals surface area contributed by atoms with Crippen LogP contribution in [-0.2, 0) is 14.3 Å². The number of hydrogen-bond acceptors (Lipinski definition) is 6. The topological polar surface area (TPSA) is 108 Å². The lowest BCUT2D eigenvalue weighted by molar-refractivity contribution is -0.140. The van der Waals surface area contributed by atoms with Gasteiger partial charge in [0.2, 0.25) is 5.91 Å². The fourth-order valence-electron chi connectivity index (χ4n) is 2.57. The van der Waals surface area contributed by atoms with Crippen LogP contribution in [0.2, 0.25) is 0 Å². The number of aliphatic hydroxyl groups is 2. The predicted molar refractivity (Wildman–Crippen MR) is 66.6 cm³/mol. The van der Waals surface area contributed by atoms with E-state index in [9.17, 15) is 14.7 Å². The predicted octanol–water partition coefficient (Wildman–Crippen LogP) is -1.34. The van der Waals surface area contributed by atoms with Gasteiger partial charge in [0.25, 0.3) is 0 Å². The Bertz CT molecular complexity index is 403. The Morgan fingerprint density at radius 3 is 2.80 bits per heavy atom. The van der Waals surface area contributed by atoms with Gasteiger partial charge in [-0.15, -0.1) is 0 Å². The van der Waals surface area contributed by atoms with Crippen LogP contribution in [0.3, 0.4) is 0 Å². The van der Waals surface area contributed by atoms with Crippen LogP contribution in [0.15, 0.2) is 0 Å². The molecule has 0 aromatic heterocycles. The van der Waals surface area contributed by atoms with Gasteiger partial charge in [0.05, 0.1) is 24.7 Å². The third kappa shape index (κ3) is 2.64. The van der Waals surface area contributed by atoms with Crippen LogP contribution < -0.4 is 5.32 Å². The Kier molecular flexibility index (Phi) is 4.28. The molecule has 2 heterocycles. The maximum absolute atomic E-state index is 11.9. The second kappa shape index (κ2) is 5.65. The SMILES string of the molecule is COC[C@]1(C)CN([C@H]2C[C@H](O)[C@@H](CO)O2)C(=O)NC1=O. The van der Waals surface area contributed by atoms with Crippen molar-refractivity contribution >= 4 is 11.9 Å². The highest BCUT2D eigenvalue weighted by Gasteiger charge is 2.47. The van der Waals surface area contributed by atoms with E-state index in [0.29, 0.717) is 0 Å². The lowest BCUT2D eigenvalue weighted by Gasteiger charge is -2.40. The van der Waals surface area contributed by atoms with E-state index in [1.165, 1.54) is 12.0 Å². The van der Waals surface area contributed by atoms with Gasteiger partial charge in [-0.3, -0.25) is 15.0 Å². The molecule has 0 saturated carbocycles. The number of amides is 3. The smallest absolute Gasteiger partial charge is 0.326 e. The molecule has 2 aliphatic heterocycles. The summed E-state index contributed by atoms with van der Waals surface area (Å²) < 4.78 is 10.5. The molecule has 0 unspecified atom stereocenters. The van der Waals surface area contributed by atoms with Crippen molar-refractivity contribution in [3.05, 3.63) is 0 Å². The second-order valence-corrected chi connectivity index (χ2v) is 5.50. The maximum atomic E-state index is 11.9. The van der Waals surface area contributed by atoms with Crippen molar-refractivity contribution in [2.75, 3.05) is 26.9 Å². The van der Waals surface area contributed by atoms with Gasteiger partial charge in [-0.25, -0.2) is 4.79 Å². The highest BCUT2D eigenvalue weighted by Crippen LogP contribution is 2.29. The van der Waals surface area contributed by atoms with Crippen LogP contribution in [0.1, 0.15) is 13.3 Å². The summed E-state index contributed by atoms with van der Waals surface area (Å²) in [6.07, 6.45) is -2.00. The first kappa shape index (κ1) is 15.2. The second-order valence-electron chi connectivity index (χ2n) is 5.50. The summed E-state index contributed by atoms with van der Waals surface area (Å²) in [6.45, 7) is 1.68. The average Bonchev–Trinajstić information content (AvgIpc) is 2.76. The van der Waals surface area contributed by atoms with Crippen molar-refractivity contribution in [2.45, 2.75) is 31.8 Å². The first-order valence-electron chi connectivity index (χ1n) is 6.46. The van der Waals surface area contributed by atoms with Gasteiger partial charge in [-0.05, 0) is 6.92 Å². The van der Waals surface area contributed by atoms with E-state index in [4.69, 9.17) is 14.6 Å². The van der Waals surface area contributed by atoms with Gasteiger partial charge >= 0.3 is 6.03 Å². The van der Waals surface area contributed by atoms with E-state index in [2.05, 4.69) is 5.32 Å². The number of carbonyl (C=O) groups is 2. The first-order valence-corrected chi connectivity index (χ1v) is 6.46. The van der Waals surface area contributed by atoms with Crippen LogP contribution in [0.5, 0.6) is 0 Å². The summed E-state index contributed by atoms with van der Waals surface area (Å²) >= 11 is 0. The largest absolute Gasteiger partial charge is 0.394 e. The summed E-state index contributed by atoms with van der Waals surface area (Å²) in [6, 6.07) is -0.556. The third-order valence-electron chi connectivity index (χ3n) is 3.74. The van der Waals surface area contributed by atoms with E-state index in [1.807, 2.05) is 0 Å². The Hall–Kier alpha value is -1.22. The van der Waals surface area contributed by atoms with Gasteiger partial charge < -0.3 is 19.7 Å². The van der Waals surface area contributed by atoms with E-state index < -0.39 is 35.8 Å². The fraction of sp³-hybridized carbons (Fsp3) is 0.833. The Balaban J connectivity index is 2.11. The number of ether oxygens (including phenoxy) is 2. The molecule has 0 spiro atoms. The fourth-order valence-corrected chi connectivity index (χ4v) is 2.57.